The molecule has 2 aliphatic rings. The lowest BCUT2D eigenvalue weighted by molar-refractivity contribution is 0.311. The van der Waals surface area contributed by atoms with Gasteiger partial charge in [-0.1, -0.05) is 24.2 Å². The summed E-state index contributed by atoms with van der Waals surface area (Å²) in [7, 11) is 0. The number of amidine groups is 1. The van der Waals surface area contributed by atoms with Gasteiger partial charge in [0.1, 0.15) is 5.82 Å². The van der Waals surface area contributed by atoms with Crippen molar-refractivity contribution in [1.29, 1.82) is 5.41 Å². The number of nitrogens with zero attached hydrogens (tertiary/aromatic N) is 3. The molecule has 2 N–H and O–H groups in total. The van der Waals surface area contributed by atoms with E-state index in [0.717, 1.165) is 48.7 Å². The Hall–Kier alpha value is -2.14. The minimum atomic E-state index is -0.0327. The molecule has 4 rings (SSSR count). The summed E-state index contributed by atoms with van der Waals surface area (Å²) in [6.07, 6.45) is 6.00. The minimum Gasteiger partial charge on any atom is -0.354 e. The number of likely N-dealkylation sites (tertiary alicyclic amines) is 1. The minimum absolute atomic E-state index is 0.0327. The maximum absolute atomic E-state index is 7.67. The smallest absolute Gasteiger partial charge is 0.165 e. The van der Waals surface area contributed by atoms with Gasteiger partial charge in [-0.05, 0) is 49.3 Å². The highest BCUT2D eigenvalue weighted by Gasteiger charge is 2.27. The quantitative estimate of drug-likeness (QED) is 0.631. The molecular weight excluding hydrogens is 334 g/mol. The highest BCUT2D eigenvalue weighted by molar-refractivity contribution is 6.82. The van der Waals surface area contributed by atoms with Crippen LogP contribution in [0.4, 0.5) is 0 Å². The number of halogens is 1. The maximum atomic E-state index is 7.67. The predicted octanol–water partition coefficient (Wildman–Crippen LogP) is 4.38. The SMILES string of the molecule is C=CN=C(C(=N)Cl)N1CCC(c2nc3ccc(C4CC4)cc3[nH]2)CC1. The molecule has 0 atom stereocenters. The zero-order chi connectivity index (χ0) is 17.4. The Balaban J connectivity index is 1.48. The number of piperidine rings is 1. The van der Waals surface area contributed by atoms with Crippen LogP contribution in [0, 0.1) is 5.41 Å². The van der Waals surface area contributed by atoms with Crippen molar-refractivity contribution in [3.05, 3.63) is 42.4 Å². The Morgan fingerprint density at radius 1 is 1.28 bits per heavy atom. The number of hydrogen-bond donors (Lipinski definition) is 2. The Labute approximate surface area is 152 Å². The van der Waals surface area contributed by atoms with Gasteiger partial charge in [-0.3, -0.25) is 5.41 Å². The Kier molecular flexibility index (Phi) is 4.34. The molecule has 1 aliphatic heterocycles. The second-order valence-electron chi connectivity index (χ2n) is 6.88. The van der Waals surface area contributed by atoms with Crippen LogP contribution in [0.3, 0.4) is 0 Å². The number of fused-ring (bicyclic) bond motifs is 1. The summed E-state index contributed by atoms with van der Waals surface area (Å²) in [5.41, 5.74) is 3.64. The van der Waals surface area contributed by atoms with Gasteiger partial charge in [-0.25, -0.2) is 9.98 Å². The number of rotatable bonds is 4. The molecule has 2 heterocycles. The van der Waals surface area contributed by atoms with Crippen molar-refractivity contribution in [2.24, 2.45) is 4.99 Å². The lowest BCUT2D eigenvalue weighted by atomic mass is 9.96. The molecule has 1 saturated carbocycles. The van der Waals surface area contributed by atoms with Gasteiger partial charge in [0.2, 0.25) is 0 Å². The molecule has 2 aromatic rings. The van der Waals surface area contributed by atoms with Crippen molar-refractivity contribution < 1.29 is 0 Å². The summed E-state index contributed by atoms with van der Waals surface area (Å²) in [4.78, 5) is 14.5. The van der Waals surface area contributed by atoms with Crippen molar-refractivity contribution in [2.45, 2.75) is 37.5 Å². The summed E-state index contributed by atoms with van der Waals surface area (Å²) >= 11 is 5.85. The predicted molar refractivity (Wildman–Crippen MR) is 103 cm³/mol. The fraction of sp³-hybridized carbons (Fsp3) is 0.421. The van der Waals surface area contributed by atoms with E-state index in [0.29, 0.717) is 11.8 Å². The molecule has 1 saturated heterocycles. The van der Waals surface area contributed by atoms with Crippen LogP contribution in [-0.4, -0.2) is 39.0 Å². The zero-order valence-electron chi connectivity index (χ0n) is 14.1. The number of benzene rings is 1. The van der Waals surface area contributed by atoms with Crippen LogP contribution < -0.4 is 0 Å². The number of imidazole rings is 1. The summed E-state index contributed by atoms with van der Waals surface area (Å²) in [5, 5.41) is 7.63. The van der Waals surface area contributed by atoms with Gasteiger partial charge in [0.05, 0.1) is 11.0 Å². The molecule has 130 valence electrons. The van der Waals surface area contributed by atoms with Crippen molar-refractivity contribution in [3.63, 3.8) is 0 Å². The van der Waals surface area contributed by atoms with E-state index in [9.17, 15) is 0 Å². The van der Waals surface area contributed by atoms with E-state index in [1.54, 1.807) is 0 Å². The number of hydrogen-bond acceptors (Lipinski definition) is 3. The lowest BCUT2D eigenvalue weighted by Crippen LogP contribution is -2.40. The molecule has 0 radical (unpaired) electrons. The molecular formula is C19H22ClN5. The molecule has 1 aromatic heterocycles. The first-order valence-electron chi connectivity index (χ1n) is 8.83. The normalized spacial score (nSPS) is 19.4. The monoisotopic (exact) mass is 355 g/mol. The second-order valence-corrected chi connectivity index (χ2v) is 7.26. The average Bonchev–Trinajstić information content (AvgIpc) is 3.38. The molecule has 6 heteroatoms. The topological polar surface area (TPSA) is 68.1 Å². The van der Waals surface area contributed by atoms with Crippen LogP contribution in [0.2, 0.25) is 0 Å². The second kappa shape index (κ2) is 6.64. The van der Waals surface area contributed by atoms with Gasteiger partial charge in [-0.2, -0.15) is 0 Å². The molecule has 1 aliphatic carbocycles. The molecule has 1 aromatic carbocycles. The van der Waals surface area contributed by atoms with Gasteiger partial charge >= 0.3 is 0 Å². The van der Waals surface area contributed by atoms with E-state index in [1.807, 2.05) is 0 Å². The fourth-order valence-electron chi connectivity index (χ4n) is 3.64. The van der Waals surface area contributed by atoms with Gasteiger partial charge < -0.3 is 9.88 Å². The number of aromatic amines is 1. The summed E-state index contributed by atoms with van der Waals surface area (Å²) in [5.74, 6) is 2.75. The molecule has 25 heavy (non-hydrogen) atoms. The molecule has 0 unspecified atom stereocenters. The number of aliphatic imine (C=N–C) groups is 1. The Morgan fingerprint density at radius 2 is 2.04 bits per heavy atom. The highest BCUT2D eigenvalue weighted by atomic mass is 35.5. The van der Waals surface area contributed by atoms with E-state index in [-0.39, 0.29) is 5.17 Å². The van der Waals surface area contributed by atoms with E-state index >= 15 is 0 Å². The molecule has 0 bridgehead atoms. The van der Waals surface area contributed by atoms with Crippen molar-refractivity contribution in [2.75, 3.05) is 13.1 Å². The van der Waals surface area contributed by atoms with Crippen LogP contribution in [0.5, 0.6) is 0 Å². The van der Waals surface area contributed by atoms with Gasteiger partial charge in [0.15, 0.2) is 11.0 Å². The van der Waals surface area contributed by atoms with Crippen LogP contribution in [-0.2, 0) is 0 Å². The van der Waals surface area contributed by atoms with Crippen LogP contribution in [0.25, 0.3) is 11.0 Å². The van der Waals surface area contributed by atoms with Crippen LogP contribution in [0.1, 0.15) is 48.9 Å². The van der Waals surface area contributed by atoms with Crippen molar-refractivity contribution in [1.82, 2.24) is 14.9 Å². The Morgan fingerprint density at radius 3 is 2.68 bits per heavy atom. The molecule has 0 amide bonds. The summed E-state index contributed by atoms with van der Waals surface area (Å²) in [6, 6.07) is 6.63. The molecule has 0 spiro atoms. The van der Waals surface area contributed by atoms with E-state index < -0.39 is 0 Å². The first-order chi connectivity index (χ1) is 12.2. The third-order valence-electron chi connectivity index (χ3n) is 5.16. The summed E-state index contributed by atoms with van der Waals surface area (Å²) < 4.78 is 0. The van der Waals surface area contributed by atoms with Crippen LogP contribution >= 0.6 is 11.6 Å². The lowest BCUT2D eigenvalue weighted by Gasteiger charge is -2.32. The summed E-state index contributed by atoms with van der Waals surface area (Å²) in [6.45, 7) is 5.24. The van der Waals surface area contributed by atoms with Gasteiger partial charge in [0, 0.05) is 25.2 Å². The highest BCUT2D eigenvalue weighted by Crippen LogP contribution is 2.41. The first kappa shape index (κ1) is 16.3. The maximum Gasteiger partial charge on any atom is 0.165 e. The third kappa shape index (κ3) is 3.33. The van der Waals surface area contributed by atoms with E-state index in [1.165, 1.54) is 24.6 Å². The van der Waals surface area contributed by atoms with Crippen molar-refractivity contribution in [3.8, 4) is 0 Å². The number of nitrogens with one attached hydrogen (secondary N) is 2. The van der Waals surface area contributed by atoms with Gasteiger partial charge in [-0.15, -0.1) is 0 Å². The largest absolute Gasteiger partial charge is 0.354 e. The van der Waals surface area contributed by atoms with Crippen LogP contribution in [0.15, 0.2) is 36.0 Å². The zero-order valence-corrected chi connectivity index (χ0v) is 14.9. The number of aromatic nitrogens is 2. The standard InChI is InChI=1S/C19H22ClN5/c1-2-22-19(17(20)21)25-9-7-13(8-10-25)18-23-15-6-5-14(12-3-4-12)11-16(15)24-18/h2,5-6,11-13,21H,1,3-4,7-10H2,(H,23,24). The Bertz CT molecular complexity index is 841. The molecule has 5 nitrogen and oxygen atoms in total. The van der Waals surface area contributed by atoms with Crippen molar-refractivity contribution >= 4 is 33.6 Å². The van der Waals surface area contributed by atoms with E-state index in [2.05, 4.69) is 39.7 Å². The molecule has 2 fully saturated rings. The van der Waals surface area contributed by atoms with Gasteiger partial charge in [0.25, 0.3) is 0 Å². The van der Waals surface area contributed by atoms with E-state index in [4.69, 9.17) is 22.0 Å². The third-order valence-corrected chi connectivity index (χ3v) is 5.33. The first-order valence-corrected chi connectivity index (χ1v) is 9.21. The number of H-pyrrole nitrogens is 1. The fourth-order valence-corrected chi connectivity index (χ4v) is 3.81. The average molecular weight is 356 g/mol.